The predicted molar refractivity (Wildman–Crippen MR) is 174 cm³/mol. The van der Waals surface area contributed by atoms with Crippen molar-refractivity contribution in [2.24, 2.45) is 5.14 Å². The second kappa shape index (κ2) is 13.4. The second-order valence-electron chi connectivity index (χ2n) is 10.4. The van der Waals surface area contributed by atoms with Crippen molar-refractivity contribution in [2.75, 3.05) is 13.7 Å². The summed E-state index contributed by atoms with van der Waals surface area (Å²) in [6.45, 7) is 4.89. The van der Waals surface area contributed by atoms with Crippen molar-refractivity contribution in [1.29, 1.82) is 0 Å². The van der Waals surface area contributed by atoms with Gasteiger partial charge in [0.05, 0.1) is 34.6 Å². The van der Waals surface area contributed by atoms with E-state index in [1.165, 1.54) is 68.3 Å². The van der Waals surface area contributed by atoms with Crippen LogP contribution in [0.4, 0.5) is 9.18 Å². The standard InChI is InChI=1S/C29H29Cl2FN4O7S3/c1-5-35(28(37)38)46(41,42)20-9-6-17(21(30)14-20)16-44-27-34-15-26(36(27)19-8-10-23(32)24(13-19)43-4)29(2,3)18-7-11-25(22(31)12-18)45(33,39)40/h6-15H,5,16H2,1-4H3,(H,37,38)(H2,33,39,40). The molecular weight excluding hydrogens is 702 g/mol. The number of amides is 1. The van der Waals surface area contributed by atoms with E-state index in [1.807, 2.05) is 13.8 Å². The average Bonchev–Trinajstić information content (AvgIpc) is 3.41. The van der Waals surface area contributed by atoms with Crippen molar-refractivity contribution in [3.63, 3.8) is 0 Å². The van der Waals surface area contributed by atoms with Crippen molar-refractivity contribution in [1.82, 2.24) is 13.9 Å². The number of nitrogens with two attached hydrogens (primary N) is 1. The van der Waals surface area contributed by atoms with Crippen molar-refractivity contribution >= 4 is 61.1 Å². The molecule has 3 aromatic carbocycles. The van der Waals surface area contributed by atoms with Gasteiger partial charge in [0.15, 0.2) is 16.7 Å². The zero-order valence-corrected chi connectivity index (χ0v) is 28.8. The zero-order valence-electron chi connectivity index (χ0n) is 24.9. The molecule has 0 aliphatic heterocycles. The van der Waals surface area contributed by atoms with E-state index in [0.717, 1.165) is 0 Å². The van der Waals surface area contributed by atoms with Crippen LogP contribution in [0.1, 0.15) is 37.6 Å². The van der Waals surface area contributed by atoms with Crippen LogP contribution in [0.2, 0.25) is 10.0 Å². The number of hydrogen-bond acceptors (Lipinski definition) is 8. The van der Waals surface area contributed by atoms with Gasteiger partial charge in [0.2, 0.25) is 10.0 Å². The number of halogens is 3. The molecule has 246 valence electrons. The molecule has 1 aromatic heterocycles. The summed E-state index contributed by atoms with van der Waals surface area (Å²) in [5.74, 6) is -0.355. The van der Waals surface area contributed by atoms with Crippen LogP contribution < -0.4 is 9.88 Å². The quantitative estimate of drug-likeness (QED) is 0.169. The van der Waals surface area contributed by atoms with Crippen molar-refractivity contribution < 1.29 is 35.9 Å². The zero-order chi connectivity index (χ0) is 34.2. The highest BCUT2D eigenvalue weighted by atomic mass is 35.5. The molecule has 0 spiro atoms. The van der Waals surface area contributed by atoms with Crippen LogP contribution in [0.15, 0.2) is 75.7 Å². The number of methoxy groups -OCH3 is 1. The van der Waals surface area contributed by atoms with Crippen LogP contribution in [-0.2, 0) is 31.2 Å². The largest absolute Gasteiger partial charge is 0.494 e. The van der Waals surface area contributed by atoms with E-state index in [1.54, 1.807) is 22.9 Å². The molecule has 17 heteroatoms. The fraction of sp³-hybridized carbons (Fsp3) is 0.241. The number of nitrogens with zero attached hydrogens (tertiary/aromatic N) is 3. The molecule has 1 amide bonds. The third-order valence-corrected chi connectivity index (χ3v) is 11.8. The van der Waals surface area contributed by atoms with E-state index in [9.17, 15) is 31.1 Å². The fourth-order valence-electron chi connectivity index (χ4n) is 4.67. The Labute approximate surface area is 280 Å². The van der Waals surface area contributed by atoms with Gasteiger partial charge in [0, 0.05) is 28.8 Å². The molecule has 46 heavy (non-hydrogen) atoms. The molecule has 0 atom stereocenters. The van der Waals surface area contributed by atoms with E-state index in [4.69, 9.17) is 33.1 Å². The molecule has 0 aliphatic rings. The Morgan fingerprint density at radius 2 is 1.78 bits per heavy atom. The Kier molecular flexibility index (Phi) is 10.4. The highest BCUT2D eigenvalue weighted by molar-refractivity contribution is 7.98. The number of primary sulfonamides is 1. The molecule has 0 bridgehead atoms. The molecule has 3 N–H and O–H groups in total. The van der Waals surface area contributed by atoms with Crippen LogP contribution >= 0.6 is 35.0 Å². The molecule has 1 heterocycles. The fourth-order valence-corrected chi connectivity index (χ4v) is 8.45. The monoisotopic (exact) mass is 730 g/mol. The first-order valence-corrected chi connectivity index (χ1v) is 18.1. The van der Waals surface area contributed by atoms with Gasteiger partial charge in [-0.15, -0.1) is 0 Å². The molecule has 0 radical (unpaired) electrons. The molecule has 0 saturated carbocycles. The SMILES string of the molecule is CCN(C(=O)O)S(=O)(=O)c1ccc(CSc2ncc(C(C)(C)c3ccc(S(N)(=O)=O)c(Cl)c3)n2-c2ccc(F)c(OC)c2)c(Cl)c1. The number of benzene rings is 3. The van der Waals surface area contributed by atoms with Gasteiger partial charge in [-0.2, -0.15) is 0 Å². The first kappa shape index (κ1) is 35.5. The Balaban J connectivity index is 1.77. The molecule has 0 aliphatic carbocycles. The lowest BCUT2D eigenvalue weighted by molar-refractivity contribution is 0.173. The highest BCUT2D eigenvalue weighted by Gasteiger charge is 2.32. The summed E-state index contributed by atoms with van der Waals surface area (Å²) in [7, 11) is -7.04. The minimum absolute atomic E-state index is 0.00576. The minimum Gasteiger partial charge on any atom is -0.494 e. The maximum absolute atomic E-state index is 14.4. The number of rotatable bonds is 11. The van der Waals surface area contributed by atoms with Gasteiger partial charge in [0.1, 0.15) is 4.90 Å². The number of ether oxygens (including phenoxy) is 1. The van der Waals surface area contributed by atoms with Gasteiger partial charge >= 0.3 is 6.09 Å². The number of hydrogen-bond donors (Lipinski definition) is 2. The Morgan fingerprint density at radius 1 is 1.09 bits per heavy atom. The highest BCUT2D eigenvalue weighted by Crippen LogP contribution is 2.39. The third-order valence-electron chi connectivity index (χ3n) is 7.19. The molecule has 4 rings (SSSR count). The summed E-state index contributed by atoms with van der Waals surface area (Å²) in [6.07, 6.45) is 0.0196. The number of carboxylic acid groups (broad SMARTS) is 1. The van der Waals surface area contributed by atoms with Gasteiger partial charge in [-0.3, -0.25) is 4.57 Å². The lowest BCUT2D eigenvalue weighted by Gasteiger charge is -2.28. The van der Waals surface area contributed by atoms with Crippen LogP contribution in [0.25, 0.3) is 5.69 Å². The van der Waals surface area contributed by atoms with Crippen LogP contribution in [-0.4, -0.2) is 55.5 Å². The third kappa shape index (κ3) is 6.99. The van der Waals surface area contributed by atoms with E-state index in [0.29, 0.717) is 32.0 Å². The summed E-state index contributed by atoms with van der Waals surface area (Å²) in [4.78, 5) is 15.6. The Morgan fingerprint density at radius 3 is 2.35 bits per heavy atom. The summed E-state index contributed by atoms with van der Waals surface area (Å²) in [5.41, 5.74) is 1.48. The maximum atomic E-state index is 14.4. The number of aromatic nitrogens is 2. The number of imidazole rings is 1. The van der Waals surface area contributed by atoms with E-state index in [-0.39, 0.29) is 37.9 Å². The number of sulfonamides is 2. The Hall–Kier alpha value is -3.34. The van der Waals surface area contributed by atoms with Gasteiger partial charge in [-0.25, -0.2) is 40.4 Å². The first-order valence-electron chi connectivity index (χ1n) is 13.3. The minimum atomic E-state index is -4.33. The lowest BCUT2D eigenvalue weighted by atomic mass is 9.81. The Bertz CT molecular complexity index is 2040. The van der Waals surface area contributed by atoms with Crippen LogP contribution in [0.5, 0.6) is 5.75 Å². The van der Waals surface area contributed by atoms with Gasteiger partial charge < -0.3 is 9.84 Å². The number of carbonyl (C=O) groups is 1. The molecule has 0 saturated heterocycles. The van der Waals surface area contributed by atoms with Crippen LogP contribution in [0.3, 0.4) is 0 Å². The molecule has 0 fully saturated rings. The van der Waals surface area contributed by atoms with E-state index in [2.05, 4.69) is 4.98 Å². The lowest BCUT2D eigenvalue weighted by Crippen LogP contribution is -2.35. The van der Waals surface area contributed by atoms with Crippen molar-refractivity contribution in [3.8, 4) is 11.4 Å². The van der Waals surface area contributed by atoms with Crippen molar-refractivity contribution in [2.45, 2.75) is 46.9 Å². The summed E-state index contributed by atoms with van der Waals surface area (Å²) in [6, 6.07) is 12.7. The molecule has 11 nitrogen and oxygen atoms in total. The maximum Gasteiger partial charge on any atom is 0.421 e. The molecule has 0 unspecified atom stereocenters. The van der Waals surface area contributed by atoms with E-state index < -0.39 is 37.4 Å². The normalized spacial score (nSPS) is 12.3. The van der Waals surface area contributed by atoms with E-state index >= 15 is 0 Å². The first-order chi connectivity index (χ1) is 21.4. The van der Waals surface area contributed by atoms with Gasteiger partial charge in [0.25, 0.3) is 10.0 Å². The van der Waals surface area contributed by atoms with Gasteiger partial charge in [-0.05, 0) is 54.4 Å². The van der Waals surface area contributed by atoms with Crippen molar-refractivity contribution in [3.05, 3.63) is 93.5 Å². The van der Waals surface area contributed by atoms with Gasteiger partial charge in [-0.1, -0.05) is 60.9 Å². The summed E-state index contributed by atoms with van der Waals surface area (Å²) in [5, 5.41) is 15.1. The molecule has 4 aromatic rings. The topological polar surface area (TPSA) is 162 Å². The second-order valence-corrected chi connectivity index (χ2v) is 15.5. The number of thioether (sulfide) groups is 1. The molecular formula is C29H29Cl2FN4O7S3. The van der Waals surface area contributed by atoms with Crippen LogP contribution in [0, 0.1) is 5.82 Å². The predicted octanol–water partition coefficient (Wildman–Crippen LogP) is 6.28. The summed E-state index contributed by atoms with van der Waals surface area (Å²) >= 11 is 14.0. The average molecular weight is 732 g/mol. The summed E-state index contributed by atoms with van der Waals surface area (Å²) < 4.78 is 71.2. The smallest absolute Gasteiger partial charge is 0.421 e.